The molecule has 0 aliphatic heterocycles. The lowest BCUT2D eigenvalue weighted by molar-refractivity contribution is 0.330. The first-order valence-corrected chi connectivity index (χ1v) is 6.83. The highest BCUT2D eigenvalue weighted by atomic mass is 16.5. The maximum atomic E-state index is 5.67. The minimum Gasteiger partial charge on any atom is -0.494 e. The molecule has 0 saturated heterocycles. The summed E-state index contributed by atoms with van der Waals surface area (Å²) in [6, 6.07) is 8.27. The Morgan fingerprint density at radius 1 is 1.25 bits per heavy atom. The summed E-state index contributed by atoms with van der Waals surface area (Å²) in [5.74, 6) is 1.73. The fourth-order valence-electron chi connectivity index (χ4n) is 2.27. The Morgan fingerprint density at radius 3 is 2.65 bits per heavy atom. The fraction of sp³-hybridized carbons (Fsp3) is 0.500. The largest absolute Gasteiger partial charge is 0.494 e. The van der Waals surface area contributed by atoms with Crippen LogP contribution in [0.1, 0.15) is 44.2 Å². The molecule has 108 valence electrons. The standard InChI is InChI=1S/C14H21N5O/c1-5-20-13-9-7-6-8-12(13)10(2)15-11(3)14-16-17-18-19(14)4/h6-11,15H,5H2,1-4H3/t10-,11-/m0/s1. The predicted octanol–water partition coefficient (Wildman–Crippen LogP) is 2.02. The third-order valence-corrected chi connectivity index (χ3v) is 3.23. The SMILES string of the molecule is CCOc1ccccc1[C@H](C)N[C@@H](C)c1nnnn1C. The molecule has 2 aromatic rings. The van der Waals surface area contributed by atoms with Crippen LogP contribution >= 0.6 is 0 Å². The van der Waals surface area contributed by atoms with Crippen molar-refractivity contribution in [2.24, 2.45) is 7.05 Å². The van der Waals surface area contributed by atoms with E-state index in [0.29, 0.717) is 6.61 Å². The number of nitrogens with one attached hydrogen (secondary N) is 1. The van der Waals surface area contributed by atoms with E-state index in [-0.39, 0.29) is 12.1 Å². The van der Waals surface area contributed by atoms with Gasteiger partial charge in [-0.2, -0.15) is 0 Å². The molecular formula is C14H21N5O. The van der Waals surface area contributed by atoms with Crippen molar-refractivity contribution in [3.63, 3.8) is 0 Å². The first-order valence-electron chi connectivity index (χ1n) is 6.83. The molecule has 2 atom stereocenters. The number of tetrazole rings is 1. The first kappa shape index (κ1) is 14.5. The molecule has 20 heavy (non-hydrogen) atoms. The molecule has 0 spiro atoms. The lowest BCUT2D eigenvalue weighted by Crippen LogP contribution is -2.25. The van der Waals surface area contributed by atoms with Crippen molar-refractivity contribution in [3.05, 3.63) is 35.7 Å². The van der Waals surface area contributed by atoms with Crippen LogP contribution in [0.15, 0.2) is 24.3 Å². The van der Waals surface area contributed by atoms with Crippen LogP contribution in [0.25, 0.3) is 0 Å². The molecular weight excluding hydrogens is 254 g/mol. The van der Waals surface area contributed by atoms with Crippen molar-refractivity contribution < 1.29 is 4.74 Å². The first-order chi connectivity index (χ1) is 9.63. The summed E-state index contributed by atoms with van der Waals surface area (Å²) in [6.45, 7) is 6.80. The van der Waals surface area contributed by atoms with E-state index in [1.54, 1.807) is 4.68 Å². The number of aryl methyl sites for hydroxylation is 1. The molecule has 6 nitrogen and oxygen atoms in total. The summed E-state index contributed by atoms with van der Waals surface area (Å²) in [5, 5.41) is 15.0. The van der Waals surface area contributed by atoms with Crippen molar-refractivity contribution >= 4 is 0 Å². The van der Waals surface area contributed by atoms with E-state index >= 15 is 0 Å². The van der Waals surface area contributed by atoms with Gasteiger partial charge in [-0.25, -0.2) is 4.68 Å². The van der Waals surface area contributed by atoms with E-state index in [2.05, 4.69) is 33.8 Å². The summed E-state index contributed by atoms with van der Waals surface area (Å²) < 4.78 is 7.35. The average molecular weight is 275 g/mol. The molecule has 0 radical (unpaired) electrons. The number of para-hydroxylation sites is 1. The number of rotatable bonds is 6. The summed E-state index contributed by atoms with van der Waals surface area (Å²) >= 11 is 0. The molecule has 0 bridgehead atoms. The van der Waals surface area contributed by atoms with Gasteiger partial charge in [0.15, 0.2) is 5.82 Å². The molecule has 0 saturated carbocycles. The van der Waals surface area contributed by atoms with Crippen molar-refractivity contribution in [2.75, 3.05) is 6.61 Å². The minimum atomic E-state index is 0.0553. The molecule has 0 unspecified atom stereocenters. The quantitative estimate of drug-likeness (QED) is 0.873. The average Bonchev–Trinajstić information content (AvgIpc) is 2.86. The highest BCUT2D eigenvalue weighted by Gasteiger charge is 2.17. The van der Waals surface area contributed by atoms with Gasteiger partial charge in [-0.15, -0.1) is 5.10 Å². The molecule has 1 aromatic heterocycles. The maximum Gasteiger partial charge on any atom is 0.167 e. The van der Waals surface area contributed by atoms with Gasteiger partial charge in [0.25, 0.3) is 0 Å². The molecule has 0 aliphatic carbocycles. The van der Waals surface area contributed by atoms with E-state index in [0.717, 1.165) is 17.1 Å². The van der Waals surface area contributed by atoms with Crippen molar-refractivity contribution in [3.8, 4) is 5.75 Å². The molecule has 0 amide bonds. The van der Waals surface area contributed by atoms with E-state index in [1.807, 2.05) is 39.1 Å². The lowest BCUT2D eigenvalue weighted by Gasteiger charge is -2.21. The van der Waals surface area contributed by atoms with Gasteiger partial charge < -0.3 is 10.1 Å². The van der Waals surface area contributed by atoms with Crippen LogP contribution in [-0.2, 0) is 7.05 Å². The van der Waals surface area contributed by atoms with E-state index in [4.69, 9.17) is 4.74 Å². The van der Waals surface area contributed by atoms with Gasteiger partial charge in [0, 0.05) is 18.7 Å². The molecule has 2 rings (SSSR count). The number of nitrogens with zero attached hydrogens (tertiary/aromatic N) is 4. The van der Waals surface area contributed by atoms with Crippen molar-refractivity contribution in [1.82, 2.24) is 25.5 Å². The zero-order valence-corrected chi connectivity index (χ0v) is 12.4. The highest BCUT2D eigenvalue weighted by Crippen LogP contribution is 2.26. The van der Waals surface area contributed by atoms with E-state index in [1.165, 1.54) is 0 Å². The maximum absolute atomic E-state index is 5.67. The second-order valence-corrected chi connectivity index (χ2v) is 4.74. The summed E-state index contributed by atoms with van der Waals surface area (Å²) in [7, 11) is 1.84. The Morgan fingerprint density at radius 2 is 2.00 bits per heavy atom. The Hall–Kier alpha value is -1.95. The summed E-state index contributed by atoms with van der Waals surface area (Å²) in [4.78, 5) is 0. The molecule has 0 fully saturated rings. The number of hydrogen-bond donors (Lipinski definition) is 1. The van der Waals surface area contributed by atoms with E-state index < -0.39 is 0 Å². The van der Waals surface area contributed by atoms with Crippen LogP contribution in [0.4, 0.5) is 0 Å². The zero-order valence-electron chi connectivity index (χ0n) is 12.4. The van der Waals surface area contributed by atoms with Gasteiger partial charge in [0.05, 0.1) is 12.6 Å². The zero-order chi connectivity index (χ0) is 14.5. The molecule has 1 aromatic carbocycles. The fourth-order valence-corrected chi connectivity index (χ4v) is 2.27. The topological polar surface area (TPSA) is 64.9 Å². The van der Waals surface area contributed by atoms with Gasteiger partial charge in [-0.05, 0) is 37.3 Å². The van der Waals surface area contributed by atoms with Crippen LogP contribution in [-0.4, -0.2) is 26.8 Å². The predicted molar refractivity (Wildman–Crippen MR) is 76.4 cm³/mol. The normalized spacial score (nSPS) is 14.0. The summed E-state index contributed by atoms with van der Waals surface area (Å²) in [6.07, 6.45) is 0. The van der Waals surface area contributed by atoms with E-state index in [9.17, 15) is 0 Å². The van der Waals surface area contributed by atoms with Crippen LogP contribution in [0.5, 0.6) is 5.75 Å². The van der Waals surface area contributed by atoms with Gasteiger partial charge in [-0.1, -0.05) is 18.2 Å². The van der Waals surface area contributed by atoms with Crippen LogP contribution in [0, 0.1) is 0 Å². The number of hydrogen-bond acceptors (Lipinski definition) is 5. The van der Waals surface area contributed by atoms with Crippen LogP contribution < -0.4 is 10.1 Å². The Kier molecular flexibility index (Phi) is 4.68. The van der Waals surface area contributed by atoms with Crippen LogP contribution in [0.2, 0.25) is 0 Å². The lowest BCUT2D eigenvalue weighted by atomic mass is 10.1. The molecule has 6 heteroatoms. The van der Waals surface area contributed by atoms with Gasteiger partial charge in [0.2, 0.25) is 0 Å². The van der Waals surface area contributed by atoms with Crippen molar-refractivity contribution in [1.29, 1.82) is 0 Å². The Bertz CT molecular complexity index is 554. The molecule has 1 N–H and O–H groups in total. The van der Waals surface area contributed by atoms with Gasteiger partial charge in [0.1, 0.15) is 5.75 Å². The van der Waals surface area contributed by atoms with Gasteiger partial charge in [-0.3, -0.25) is 0 Å². The van der Waals surface area contributed by atoms with Crippen LogP contribution in [0.3, 0.4) is 0 Å². The monoisotopic (exact) mass is 275 g/mol. The molecule has 1 heterocycles. The van der Waals surface area contributed by atoms with Crippen molar-refractivity contribution in [2.45, 2.75) is 32.9 Å². The third kappa shape index (κ3) is 3.14. The molecule has 0 aliphatic rings. The van der Waals surface area contributed by atoms with Gasteiger partial charge >= 0.3 is 0 Å². The number of benzene rings is 1. The Labute approximate surface area is 119 Å². The number of ether oxygens (including phenoxy) is 1. The second kappa shape index (κ2) is 6.47. The third-order valence-electron chi connectivity index (χ3n) is 3.23. The highest BCUT2D eigenvalue weighted by molar-refractivity contribution is 5.35. The smallest absolute Gasteiger partial charge is 0.167 e. The summed E-state index contributed by atoms with van der Waals surface area (Å²) in [5.41, 5.74) is 1.14. The minimum absolute atomic E-state index is 0.0553. The second-order valence-electron chi connectivity index (χ2n) is 4.74. The number of aromatic nitrogens is 4. The Balaban J connectivity index is 2.12.